The number of aromatic nitrogens is 2. The van der Waals surface area contributed by atoms with Crippen molar-refractivity contribution < 1.29 is 14.0 Å². The van der Waals surface area contributed by atoms with Gasteiger partial charge in [-0.25, -0.2) is 9.37 Å². The van der Waals surface area contributed by atoms with Crippen molar-refractivity contribution in [1.29, 1.82) is 0 Å². The van der Waals surface area contributed by atoms with Crippen LogP contribution in [0.1, 0.15) is 22.3 Å². The second-order valence-corrected chi connectivity index (χ2v) is 7.59. The highest BCUT2D eigenvalue weighted by Gasteiger charge is 2.10. The van der Waals surface area contributed by atoms with Crippen LogP contribution < -0.4 is 5.32 Å². The average molecular weight is 401 g/mol. The van der Waals surface area contributed by atoms with Crippen LogP contribution in [0.15, 0.2) is 53.0 Å². The van der Waals surface area contributed by atoms with Crippen LogP contribution >= 0.6 is 23.1 Å². The number of nitrogens with zero attached hydrogens (tertiary/aromatic N) is 2. The molecule has 0 aliphatic carbocycles. The summed E-state index contributed by atoms with van der Waals surface area (Å²) in [6.07, 6.45) is 3.41. The van der Waals surface area contributed by atoms with Crippen molar-refractivity contribution in [3.63, 3.8) is 0 Å². The number of benzene rings is 1. The topological polar surface area (TPSA) is 72.0 Å². The number of pyridine rings is 1. The van der Waals surface area contributed by atoms with Crippen LogP contribution in [0.2, 0.25) is 0 Å². The van der Waals surface area contributed by atoms with Gasteiger partial charge >= 0.3 is 0 Å². The van der Waals surface area contributed by atoms with Crippen LogP contribution in [0.25, 0.3) is 11.3 Å². The van der Waals surface area contributed by atoms with E-state index >= 15 is 0 Å². The summed E-state index contributed by atoms with van der Waals surface area (Å²) in [6, 6.07) is 8.02. The summed E-state index contributed by atoms with van der Waals surface area (Å²) in [7, 11) is 0. The molecule has 0 saturated heterocycles. The second-order valence-electron chi connectivity index (χ2n) is 5.63. The first-order chi connectivity index (χ1) is 13.0. The van der Waals surface area contributed by atoms with E-state index in [4.69, 9.17) is 0 Å². The molecular formula is C19H16FN3O2S2. The first kappa shape index (κ1) is 19.2. The zero-order valence-electron chi connectivity index (χ0n) is 14.4. The molecule has 0 aliphatic rings. The number of hydrogen-bond donors (Lipinski definition) is 1. The normalized spacial score (nSPS) is 10.6. The Morgan fingerprint density at radius 1 is 1.22 bits per heavy atom. The molecule has 1 aromatic carbocycles. The third-order valence-corrected chi connectivity index (χ3v) is 5.56. The molecular weight excluding hydrogens is 385 g/mol. The molecule has 1 amide bonds. The van der Waals surface area contributed by atoms with Crippen molar-refractivity contribution in [1.82, 2.24) is 15.3 Å². The molecule has 0 spiro atoms. The Kier molecular flexibility index (Phi) is 6.31. The van der Waals surface area contributed by atoms with Gasteiger partial charge in [0.15, 0.2) is 5.78 Å². The molecule has 138 valence electrons. The Morgan fingerprint density at radius 2 is 2.00 bits per heavy atom. The van der Waals surface area contributed by atoms with E-state index in [0.717, 1.165) is 28.0 Å². The highest BCUT2D eigenvalue weighted by molar-refractivity contribution is 8.00. The molecule has 1 N–H and O–H groups in total. The van der Waals surface area contributed by atoms with Gasteiger partial charge in [-0.15, -0.1) is 23.1 Å². The fourth-order valence-corrected chi connectivity index (χ4v) is 3.75. The number of nitrogens with one attached hydrogen (secondary N) is 1. The second kappa shape index (κ2) is 8.88. The molecule has 0 saturated carbocycles. The zero-order valence-corrected chi connectivity index (χ0v) is 16.1. The van der Waals surface area contributed by atoms with Gasteiger partial charge in [0.25, 0.3) is 0 Å². The SMILES string of the molecule is CC(=O)c1ccc(SCC(=O)NCc2nc(-c3ccncc3)cs2)c(F)c1. The highest BCUT2D eigenvalue weighted by atomic mass is 32.2. The van der Waals surface area contributed by atoms with Crippen LogP contribution in [-0.4, -0.2) is 27.4 Å². The summed E-state index contributed by atoms with van der Waals surface area (Å²) in [6.45, 7) is 1.70. The first-order valence-corrected chi connectivity index (χ1v) is 9.94. The van der Waals surface area contributed by atoms with Crippen molar-refractivity contribution in [3.8, 4) is 11.3 Å². The van der Waals surface area contributed by atoms with Crippen molar-refractivity contribution in [3.05, 3.63) is 64.5 Å². The molecule has 27 heavy (non-hydrogen) atoms. The van der Waals surface area contributed by atoms with Gasteiger partial charge in [-0.3, -0.25) is 14.6 Å². The van der Waals surface area contributed by atoms with Gasteiger partial charge in [0.2, 0.25) is 5.91 Å². The van der Waals surface area contributed by atoms with Gasteiger partial charge in [-0.1, -0.05) is 6.07 Å². The van der Waals surface area contributed by atoms with Crippen molar-refractivity contribution in [2.75, 3.05) is 5.75 Å². The third-order valence-electron chi connectivity index (χ3n) is 3.66. The predicted octanol–water partition coefficient (Wildman–Crippen LogP) is 3.96. The van der Waals surface area contributed by atoms with Gasteiger partial charge in [0.05, 0.1) is 18.0 Å². The van der Waals surface area contributed by atoms with E-state index in [0.29, 0.717) is 17.0 Å². The molecule has 3 aromatic rings. The summed E-state index contributed by atoms with van der Waals surface area (Å²) < 4.78 is 14.0. The molecule has 2 heterocycles. The number of amides is 1. The predicted molar refractivity (Wildman–Crippen MR) is 104 cm³/mol. The molecule has 8 heteroatoms. The molecule has 5 nitrogen and oxygen atoms in total. The first-order valence-electron chi connectivity index (χ1n) is 8.07. The minimum Gasteiger partial charge on any atom is -0.349 e. The largest absolute Gasteiger partial charge is 0.349 e. The Morgan fingerprint density at radius 3 is 2.70 bits per heavy atom. The zero-order chi connectivity index (χ0) is 19.2. The summed E-state index contributed by atoms with van der Waals surface area (Å²) >= 11 is 2.55. The lowest BCUT2D eigenvalue weighted by atomic mass is 10.1. The number of Topliss-reactive ketones (excluding diaryl/α,β-unsaturated/α-hetero) is 1. The molecule has 0 fully saturated rings. The minimum absolute atomic E-state index is 0.0823. The fraction of sp³-hybridized carbons (Fsp3) is 0.158. The van der Waals surface area contributed by atoms with Crippen molar-refractivity contribution in [2.24, 2.45) is 0 Å². The summed E-state index contributed by atoms with van der Waals surface area (Å²) in [4.78, 5) is 32.1. The molecule has 0 atom stereocenters. The average Bonchev–Trinajstić information content (AvgIpc) is 3.15. The number of thiazole rings is 1. The maximum atomic E-state index is 14.0. The number of thioether (sulfide) groups is 1. The van der Waals surface area contributed by atoms with Crippen molar-refractivity contribution in [2.45, 2.75) is 18.4 Å². The van der Waals surface area contributed by atoms with E-state index in [2.05, 4.69) is 15.3 Å². The standard InChI is InChI=1S/C19H16FN3O2S2/c1-12(24)14-2-3-17(15(20)8-14)26-11-18(25)22-9-19-23-16(10-27-19)13-4-6-21-7-5-13/h2-8,10H,9,11H2,1H3,(H,22,25). The summed E-state index contributed by atoms with van der Waals surface area (Å²) in [5.74, 6) is -0.824. The van der Waals surface area contributed by atoms with E-state index in [9.17, 15) is 14.0 Å². The number of carbonyl (C=O) groups is 2. The Bertz CT molecular complexity index is 961. The molecule has 0 bridgehead atoms. The van der Waals surface area contributed by atoms with Crippen molar-refractivity contribution >= 4 is 34.8 Å². The van der Waals surface area contributed by atoms with Gasteiger partial charge in [-0.05, 0) is 31.2 Å². The van der Waals surface area contributed by atoms with E-state index in [1.54, 1.807) is 18.5 Å². The molecule has 3 rings (SSSR count). The number of hydrogen-bond acceptors (Lipinski definition) is 6. The van der Waals surface area contributed by atoms with Crippen LogP contribution in [0.5, 0.6) is 0 Å². The third kappa shape index (κ3) is 5.21. The lowest BCUT2D eigenvalue weighted by molar-refractivity contribution is -0.118. The maximum absolute atomic E-state index is 14.0. The van der Waals surface area contributed by atoms with E-state index in [1.807, 2.05) is 17.5 Å². The summed E-state index contributed by atoms with van der Waals surface area (Å²) in [5, 5.41) is 5.50. The monoisotopic (exact) mass is 401 g/mol. The van der Waals surface area contributed by atoms with Gasteiger partial charge in [0, 0.05) is 33.8 Å². The maximum Gasteiger partial charge on any atom is 0.230 e. The number of rotatable bonds is 7. The summed E-state index contributed by atoms with van der Waals surface area (Å²) in [5.41, 5.74) is 2.13. The lowest BCUT2D eigenvalue weighted by Crippen LogP contribution is -2.24. The molecule has 0 unspecified atom stereocenters. The molecule has 2 aromatic heterocycles. The quantitative estimate of drug-likeness (QED) is 0.479. The Labute approximate surface area is 164 Å². The number of ketones is 1. The van der Waals surface area contributed by atoms with Crippen LogP contribution in [0.3, 0.4) is 0 Å². The Balaban J connectivity index is 1.50. The van der Waals surface area contributed by atoms with E-state index in [-0.39, 0.29) is 17.4 Å². The van der Waals surface area contributed by atoms with E-state index in [1.165, 1.54) is 30.4 Å². The van der Waals surface area contributed by atoms with Gasteiger partial charge in [-0.2, -0.15) is 0 Å². The number of carbonyl (C=O) groups excluding carboxylic acids is 2. The Hall–Kier alpha value is -2.58. The van der Waals surface area contributed by atoms with Gasteiger partial charge in [0.1, 0.15) is 10.8 Å². The number of halogens is 1. The van der Waals surface area contributed by atoms with Crippen LogP contribution in [-0.2, 0) is 11.3 Å². The fourth-order valence-electron chi connectivity index (χ4n) is 2.25. The molecule has 0 aliphatic heterocycles. The minimum atomic E-state index is -0.498. The smallest absolute Gasteiger partial charge is 0.230 e. The van der Waals surface area contributed by atoms with Crippen LogP contribution in [0, 0.1) is 5.82 Å². The highest BCUT2D eigenvalue weighted by Crippen LogP contribution is 2.23. The van der Waals surface area contributed by atoms with Gasteiger partial charge < -0.3 is 5.32 Å². The van der Waals surface area contributed by atoms with E-state index < -0.39 is 5.82 Å². The molecule has 0 radical (unpaired) electrons. The van der Waals surface area contributed by atoms with Crippen LogP contribution in [0.4, 0.5) is 4.39 Å². The lowest BCUT2D eigenvalue weighted by Gasteiger charge is -2.05.